The van der Waals surface area contributed by atoms with Crippen LogP contribution in [0.5, 0.6) is 0 Å². The van der Waals surface area contributed by atoms with Crippen molar-refractivity contribution in [3.63, 3.8) is 0 Å². The third kappa shape index (κ3) is 2.84. The van der Waals surface area contributed by atoms with Gasteiger partial charge in [0.25, 0.3) is 0 Å². The average Bonchev–Trinajstić information content (AvgIpc) is 2.73. The van der Waals surface area contributed by atoms with Crippen molar-refractivity contribution in [2.45, 2.75) is 20.4 Å². The number of hydrogen-bond donors (Lipinski definition) is 0. The molecule has 0 amide bonds. The van der Waals surface area contributed by atoms with Crippen LogP contribution in [0.3, 0.4) is 0 Å². The topological polar surface area (TPSA) is 33.5 Å². The molecule has 1 aromatic carbocycles. The van der Waals surface area contributed by atoms with Crippen LogP contribution in [0, 0.1) is 12.7 Å². The van der Waals surface area contributed by atoms with E-state index < -0.39 is 5.82 Å². The van der Waals surface area contributed by atoms with Gasteiger partial charge in [0.05, 0.1) is 17.8 Å². The monoisotopic (exact) mass is 261 g/mol. The molecule has 0 saturated heterocycles. The van der Waals surface area contributed by atoms with Crippen molar-refractivity contribution in [1.82, 2.24) is 0 Å². The highest BCUT2D eigenvalue weighted by molar-refractivity contribution is 5.99. The highest BCUT2D eigenvalue weighted by Crippen LogP contribution is 2.24. The van der Waals surface area contributed by atoms with E-state index in [4.69, 9.17) is 4.42 Å². The van der Waals surface area contributed by atoms with E-state index in [1.165, 1.54) is 13.0 Å². The standard InChI is InChI=1S/C15H16FNO2/c1-10-7-8-12(19-10)9-17(3)14-6-4-5-13(16)15(14)11(2)18/h4-8H,9H2,1-3H3. The van der Waals surface area contributed by atoms with Crippen molar-refractivity contribution in [3.05, 3.63) is 53.2 Å². The first-order valence-corrected chi connectivity index (χ1v) is 6.05. The third-order valence-corrected chi connectivity index (χ3v) is 2.94. The van der Waals surface area contributed by atoms with Crippen LogP contribution in [0.25, 0.3) is 0 Å². The molecule has 19 heavy (non-hydrogen) atoms. The van der Waals surface area contributed by atoms with Gasteiger partial charge in [0.15, 0.2) is 5.78 Å². The summed E-state index contributed by atoms with van der Waals surface area (Å²) in [6, 6.07) is 8.38. The van der Waals surface area contributed by atoms with Gasteiger partial charge in [0, 0.05) is 7.05 Å². The lowest BCUT2D eigenvalue weighted by Gasteiger charge is -2.20. The Morgan fingerprint density at radius 3 is 2.63 bits per heavy atom. The van der Waals surface area contributed by atoms with Crippen LogP contribution >= 0.6 is 0 Å². The molecule has 0 unspecified atom stereocenters. The molecule has 100 valence electrons. The Morgan fingerprint density at radius 1 is 1.32 bits per heavy atom. The molecule has 4 heteroatoms. The number of carbonyl (C=O) groups is 1. The number of anilines is 1. The van der Waals surface area contributed by atoms with Crippen LogP contribution in [-0.4, -0.2) is 12.8 Å². The number of carbonyl (C=O) groups excluding carboxylic acids is 1. The molecule has 2 aromatic rings. The second-order valence-electron chi connectivity index (χ2n) is 4.56. The summed E-state index contributed by atoms with van der Waals surface area (Å²) in [5.41, 5.74) is 0.690. The predicted molar refractivity (Wildman–Crippen MR) is 72.0 cm³/mol. The highest BCUT2D eigenvalue weighted by Gasteiger charge is 2.16. The van der Waals surface area contributed by atoms with Gasteiger partial charge in [-0.1, -0.05) is 6.07 Å². The fourth-order valence-corrected chi connectivity index (χ4v) is 2.07. The largest absolute Gasteiger partial charge is 0.464 e. The minimum Gasteiger partial charge on any atom is -0.464 e. The van der Waals surface area contributed by atoms with Gasteiger partial charge in [-0.3, -0.25) is 4.79 Å². The second kappa shape index (κ2) is 5.26. The first-order valence-electron chi connectivity index (χ1n) is 6.05. The average molecular weight is 261 g/mol. The van der Waals surface area contributed by atoms with Gasteiger partial charge in [-0.25, -0.2) is 4.39 Å². The van der Waals surface area contributed by atoms with E-state index in [0.717, 1.165) is 11.5 Å². The van der Waals surface area contributed by atoms with Gasteiger partial charge in [-0.15, -0.1) is 0 Å². The smallest absolute Gasteiger partial charge is 0.164 e. The molecular formula is C15H16FNO2. The van der Waals surface area contributed by atoms with Gasteiger partial charge in [0.1, 0.15) is 17.3 Å². The zero-order valence-electron chi connectivity index (χ0n) is 11.2. The van der Waals surface area contributed by atoms with Crippen molar-refractivity contribution >= 4 is 11.5 Å². The van der Waals surface area contributed by atoms with E-state index in [1.807, 2.05) is 19.1 Å². The summed E-state index contributed by atoms with van der Waals surface area (Å²) < 4.78 is 19.2. The summed E-state index contributed by atoms with van der Waals surface area (Å²) >= 11 is 0. The second-order valence-corrected chi connectivity index (χ2v) is 4.56. The van der Waals surface area contributed by atoms with E-state index in [2.05, 4.69) is 0 Å². The van der Waals surface area contributed by atoms with Crippen molar-refractivity contribution in [3.8, 4) is 0 Å². The Bertz CT molecular complexity index is 604. The Balaban J connectivity index is 2.31. The number of aryl methyl sites for hydroxylation is 1. The van der Waals surface area contributed by atoms with Crippen molar-refractivity contribution < 1.29 is 13.6 Å². The number of furan rings is 1. The Hall–Kier alpha value is -2.10. The minimum atomic E-state index is -0.493. The molecule has 0 N–H and O–H groups in total. The molecule has 0 aliphatic carbocycles. The maximum atomic E-state index is 13.7. The predicted octanol–water partition coefficient (Wildman–Crippen LogP) is 3.57. The molecule has 0 radical (unpaired) electrons. The summed E-state index contributed by atoms with van der Waals surface area (Å²) in [5.74, 6) is 0.830. The lowest BCUT2D eigenvalue weighted by Crippen LogP contribution is -2.19. The number of rotatable bonds is 4. The van der Waals surface area contributed by atoms with Crippen LogP contribution in [0.2, 0.25) is 0 Å². The summed E-state index contributed by atoms with van der Waals surface area (Å²) in [4.78, 5) is 13.4. The number of benzene rings is 1. The van der Waals surface area contributed by atoms with Gasteiger partial charge >= 0.3 is 0 Å². The maximum Gasteiger partial charge on any atom is 0.164 e. The first kappa shape index (κ1) is 13.3. The summed E-state index contributed by atoms with van der Waals surface area (Å²) in [6.07, 6.45) is 0. The fraction of sp³-hybridized carbons (Fsp3) is 0.267. The molecule has 1 heterocycles. The summed E-state index contributed by atoms with van der Waals surface area (Å²) in [7, 11) is 1.80. The van der Waals surface area contributed by atoms with Crippen LogP contribution in [0.15, 0.2) is 34.7 Å². The van der Waals surface area contributed by atoms with Crippen molar-refractivity contribution in [2.24, 2.45) is 0 Å². The van der Waals surface area contributed by atoms with Crippen LogP contribution in [0.1, 0.15) is 28.8 Å². The van der Waals surface area contributed by atoms with Gasteiger partial charge in [-0.05, 0) is 38.1 Å². The van der Waals surface area contributed by atoms with E-state index >= 15 is 0 Å². The molecule has 0 atom stereocenters. The fourth-order valence-electron chi connectivity index (χ4n) is 2.07. The highest BCUT2D eigenvalue weighted by atomic mass is 19.1. The zero-order valence-corrected chi connectivity index (χ0v) is 11.2. The molecule has 1 aromatic heterocycles. The Kier molecular flexibility index (Phi) is 3.69. The maximum absolute atomic E-state index is 13.7. The molecule has 0 saturated carbocycles. The SMILES string of the molecule is CC(=O)c1c(F)cccc1N(C)Cc1ccc(C)o1. The molecule has 0 fully saturated rings. The van der Waals surface area contributed by atoms with Gasteiger partial charge in [-0.2, -0.15) is 0 Å². The molecule has 0 spiro atoms. The molecule has 0 aliphatic rings. The Morgan fingerprint density at radius 2 is 2.05 bits per heavy atom. The van der Waals surface area contributed by atoms with E-state index in [9.17, 15) is 9.18 Å². The summed E-state index contributed by atoms with van der Waals surface area (Å²) in [5, 5.41) is 0. The molecule has 0 bridgehead atoms. The van der Waals surface area contributed by atoms with E-state index in [0.29, 0.717) is 12.2 Å². The van der Waals surface area contributed by atoms with E-state index in [-0.39, 0.29) is 11.3 Å². The molecule has 3 nitrogen and oxygen atoms in total. The van der Waals surface area contributed by atoms with Crippen molar-refractivity contribution in [2.75, 3.05) is 11.9 Å². The van der Waals surface area contributed by atoms with Crippen LogP contribution < -0.4 is 4.90 Å². The third-order valence-electron chi connectivity index (χ3n) is 2.94. The lowest BCUT2D eigenvalue weighted by molar-refractivity contribution is 0.101. The quantitative estimate of drug-likeness (QED) is 0.789. The van der Waals surface area contributed by atoms with Crippen LogP contribution in [0.4, 0.5) is 10.1 Å². The number of ketones is 1. The van der Waals surface area contributed by atoms with Crippen molar-refractivity contribution in [1.29, 1.82) is 0 Å². The van der Waals surface area contributed by atoms with Crippen LogP contribution in [-0.2, 0) is 6.54 Å². The molecule has 0 aliphatic heterocycles. The number of hydrogen-bond acceptors (Lipinski definition) is 3. The molecular weight excluding hydrogens is 245 g/mol. The number of halogens is 1. The minimum absolute atomic E-state index is 0.119. The first-order chi connectivity index (χ1) is 8.99. The zero-order chi connectivity index (χ0) is 14.0. The Labute approximate surface area is 111 Å². The van der Waals surface area contributed by atoms with Gasteiger partial charge in [0.2, 0.25) is 0 Å². The number of nitrogens with zero attached hydrogens (tertiary/aromatic N) is 1. The summed E-state index contributed by atoms with van der Waals surface area (Å²) in [6.45, 7) is 3.72. The number of Topliss-reactive ketones (excluding diaryl/α,β-unsaturated/α-hetero) is 1. The normalized spacial score (nSPS) is 10.5. The molecule has 2 rings (SSSR count). The lowest BCUT2D eigenvalue weighted by atomic mass is 10.1. The van der Waals surface area contributed by atoms with Gasteiger partial charge < -0.3 is 9.32 Å². The van der Waals surface area contributed by atoms with E-state index in [1.54, 1.807) is 24.1 Å².